The van der Waals surface area contributed by atoms with E-state index in [4.69, 9.17) is 9.47 Å². The van der Waals surface area contributed by atoms with Crippen molar-refractivity contribution in [2.75, 3.05) is 13.2 Å². The molecule has 222 valence electrons. The second-order valence-corrected chi connectivity index (χ2v) is 13.1. The van der Waals surface area contributed by atoms with E-state index in [1.807, 2.05) is 0 Å². The van der Waals surface area contributed by atoms with Crippen molar-refractivity contribution in [2.24, 2.45) is 5.92 Å². The topological polar surface area (TPSA) is 18.5 Å². The largest absolute Gasteiger partial charge is 0.498 e. The van der Waals surface area contributed by atoms with E-state index in [-0.39, 0.29) is 5.41 Å². The van der Waals surface area contributed by atoms with E-state index in [0.29, 0.717) is 5.92 Å². The van der Waals surface area contributed by atoms with Crippen molar-refractivity contribution in [3.63, 3.8) is 0 Å². The van der Waals surface area contributed by atoms with E-state index in [1.54, 1.807) is 16.7 Å². The molecule has 2 aromatic rings. The minimum absolute atomic E-state index is 0.0887. The highest BCUT2D eigenvalue weighted by Gasteiger charge is 2.47. The fraction of sp³-hybridized carbons (Fsp3) is 0.590. The number of aryl methyl sites for hydroxylation is 2. The SMILES string of the molecule is CCCCCCCCOC1=CC(OCCCCCC)=CC(CC23CCCc4c(C)ccc(c42)-c2ccc(C)cc23)C1. The number of hydrogen-bond donors (Lipinski definition) is 0. The van der Waals surface area contributed by atoms with Gasteiger partial charge in [-0.05, 0) is 97.7 Å². The van der Waals surface area contributed by atoms with Crippen LogP contribution in [0.4, 0.5) is 0 Å². The van der Waals surface area contributed by atoms with E-state index in [9.17, 15) is 0 Å². The smallest absolute Gasteiger partial charge is 0.118 e. The van der Waals surface area contributed by atoms with Gasteiger partial charge in [-0.25, -0.2) is 0 Å². The Balaban J connectivity index is 1.37. The fourth-order valence-electron chi connectivity index (χ4n) is 7.80. The summed E-state index contributed by atoms with van der Waals surface area (Å²) in [6, 6.07) is 12.0. The van der Waals surface area contributed by atoms with Crippen molar-refractivity contribution >= 4 is 0 Å². The number of hydrogen-bond acceptors (Lipinski definition) is 2. The molecule has 0 aromatic heterocycles. The lowest BCUT2D eigenvalue weighted by Gasteiger charge is -2.40. The van der Waals surface area contributed by atoms with Gasteiger partial charge in [-0.15, -0.1) is 0 Å². The molecule has 3 aliphatic carbocycles. The summed E-state index contributed by atoms with van der Waals surface area (Å²) >= 11 is 0. The lowest BCUT2D eigenvalue weighted by Crippen LogP contribution is -2.33. The highest BCUT2D eigenvalue weighted by molar-refractivity contribution is 5.83. The number of rotatable bonds is 16. The zero-order valence-corrected chi connectivity index (χ0v) is 26.5. The molecule has 0 saturated heterocycles. The average Bonchev–Trinajstić information content (AvgIpc) is 3.24. The molecule has 0 saturated carbocycles. The molecule has 0 fully saturated rings. The Morgan fingerprint density at radius 3 is 2.32 bits per heavy atom. The number of allylic oxidation sites excluding steroid dienone is 3. The highest BCUT2D eigenvalue weighted by atomic mass is 16.5. The molecular formula is C39H54O2. The zero-order chi connectivity index (χ0) is 28.7. The quantitative estimate of drug-likeness (QED) is 0.192. The van der Waals surface area contributed by atoms with Gasteiger partial charge in [0.1, 0.15) is 11.5 Å². The van der Waals surface area contributed by atoms with Gasteiger partial charge in [-0.1, -0.05) is 101 Å². The van der Waals surface area contributed by atoms with E-state index in [1.165, 1.54) is 92.9 Å². The van der Waals surface area contributed by atoms with E-state index < -0.39 is 0 Å². The summed E-state index contributed by atoms with van der Waals surface area (Å²) in [6.45, 7) is 10.8. The molecule has 2 heteroatoms. The van der Waals surface area contributed by atoms with Crippen LogP contribution in [-0.2, 0) is 21.3 Å². The predicted octanol–water partition coefficient (Wildman–Crippen LogP) is 11.1. The van der Waals surface area contributed by atoms with Crippen LogP contribution < -0.4 is 0 Å². The molecule has 0 amide bonds. The maximum atomic E-state index is 6.48. The third-order valence-electron chi connectivity index (χ3n) is 9.87. The molecule has 0 aliphatic heterocycles. The van der Waals surface area contributed by atoms with Crippen molar-refractivity contribution < 1.29 is 9.47 Å². The van der Waals surface area contributed by atoms with Gasteiger partial charge in [0.2, 0.25) is 0 Å². The summed E-state index contributed by atoms with van der Waals surface area (Å²) in [6.07, 6.45) is 23.2. The van der Waals surface area contributed by atoms with Gasteiger partial charge in [0.25, 0.3) is 0 Å². The summed E-state index contributed by atoms with van der Waals surface area (Å²) in [5.41, 5.74) is 10.7. The van der Waals surface area contributed by atoms with Gasteiger partial charge in [-0.3, -0.25) is 0 Å². The first kappa shape index (κ1) is 30.0. The first-order valence-corrected chi connectivity index (χ1v) is 17.0. The van der Waals surface area contributed by atoms with Gasteiger partial charge < -0.3 is 9.47 Å². The van der Waals surface area contributed by atoms with Gasteiger partial charge in [0, 0.05) is 17.9 Å². The predicted molar refractivity (Wildman–Crippen MR) is 173 cm³/mol. The first-order valence-electron chi connectivity index (χ1n) is 17.0. The zero-order valence-electron chi connectivity index (χ0n) is 26.5. The standard InChI is InChI=1S/C39H54O2/c1-5-7-9-11-12-14-23-41-33-26-31(25-32(27-33)40-22-13-10-8-6-2)28-39-21-15-16-34-30(4)18-20-36(38(34)39)35-19-17-29(3)24-37(35)39/h17-20,24-25,27,31H,5-16,21-23,26,28H2,1-4H3. The van der Waals surface area contributed by atoms with Crippen LogP contribution in [0.5, 0.6) is 0 Å². The molecule has 41 heavy (non-hydrogen) atoms. The van der Waals surface area contributed by atoms with Crippen molar-refractivity contribution in [3.8, 4) is 11.1 Å². The molecule has 0 N–H and O–H groups in total. The number of ether oxygens (including phenoxy) is 2. The number of benzene rings is 2. The lowest BCUT2D eigenvalue weighted by atomic mass is 9.63. The molecule has 2 unspecified atom stereocenters. The van der Waals surface area contributed by atoms with Gasteiger partial charge in [-0.2, -0.15) is 0 Å². The summed E-state index contributed by atoms with van der Waals surface area (Å²) in [5, 5.41) is 0. The maximum Gasteiger partial charge on any atom is 0.118 e. The van der Waals surface area contributed by atoms with Crippen LogP contribution in [0.15, 0.2) is 54.0 Å². The lowest BCUT2D eigenvalue weighted by molar-refractivity contribution is 0.167. The van der Waals surface area contributed by atoms with Gasteiger partial charge >= 0.3 is 0 Å². The summed E-state index contributed by atoms with van der Waals surface area (Å²) < 4.78 is 12.9. The molecule has 0 spiro atoms. The molecule has 0 heterocycles. The normalized spacial score (nSPS) is 20.7. The Bertz CT molecular complexity index is 1230. The van der Waals surface area contributed by atoms with Gasteiger partial charge in [0.15, 0.2) is 0 Å². The second-order valence-electron chi connectivity index (χ2n) is 13.1. The monoisotopic (exact) mass is 554 g/mol. The van der Waals surface area contributed by atoms with Crippen LogP contribution in [-0.4, -0.2) is 13.2 Å². The third kappa shape index (κ3) is 6.79. The van der Waals surface area contributed by atoms with Crippen LogP contribution in [0.3, 0.4) is 0 Å². The van der Waals surface area contributed by atoms with Crippen LogP contribution in [0, 0.1) is 19.8 Å². The summed E-state index contributed by atoms with van der Waals surface area (Å²) in [5.74, 6) is 2.58. The Morgan fingerprint density at radius 1 is 0.805 bits per heavy atom. The summed E-state index contributed by atoms with van der Waals surface area (Å²) in [4.78, 5) is 0. The molecule has 2 nitrogen and oxygen atoms in total. The first-order chi connectivity index (χ1) is 20.1. The number of fused-ring (bicyclic) bond motifs is 3. The van der Waals surface area contributed by atoms with Crippen LogP contribution in [0.2, 0.25) is 0 Å². The van der Waals surface area contributed by atoms with Crippen LogP contribution >= 0.6 is 0 Å². The summed E-state index contributed by atoms with van der Waals surface area (Å²) in [7, 11) is 0. The molecule has 0 bridgehead atoms. The Kier molecular flexibility index (Phi) is 10.3. The van der Waals surface area contributed by atoms with E-state index in [0.717, 1.165) is 50.4 Å². The molecule has 0 radical (unpaired) electrons. The Hall–Kier alpha value is -2.48. The van der Waals surface area contributed by atoms with Crippen molar-refractivity contribution in [1.29, 1.82) is 0 Å². The van der Waals surface area contributed by atoms with Crippen molar-refractivity contribution in [1.82, 2.24) is 0 Å². The molecule has 5 rings (SSSR count). The molecule has 2 atom stereocenters. The molecule has 3 aliphatic rings. The van der Waals surface area contributed by atoms with Crippen LogP contribution in [0.25, 0.3) is 11.1 Å². The minimum atomic E-state index is 0.0887. The van der Waals surface area contributed by atoms with E-state index in [2.05, 4.69) is 70.2 Å². The molecule has 2 aromatic carbocycles. The Morgan fingerprint density at radius 2 is 1.51 bits per heavy atom. The average molecular weight is 555 g/mol. The third-order valence-corrected chi connectivity index (χ3v) is 9.87. The molecular weight excluding hydrogens is 500 g/mol. The maximum absolute atomic E-state index is 6.48. The van der Waals surface area contributed by atoms with Crippen molar-refractivity contribution in [3.05, 3.63) is 81.8 Å². The van der Waals surface area contributed by atoms with Gasteiger partial charge in [0.05, 0.1) is 13.2 Å². The number of unbranched alkanes of at least 4 members (excludes halogenated alkanes) is 8. The van der Waals surface area contributed by atoms with Crippen molar-refractivity contribution in [2.45, 2.75) is 129 Å². The van der Waals surface area contributed by atoms with E-state index >= 15 is 0 Å². The minimum Gasteiger partial charge on any atom is -0.498 e. The second kappa shape index (κ2) is 14.1. The fourth-order valence-corrected chi connectivity index (χ4v) is 7.80. The van der Waals surface area contributed by atoms with Crippen LogP contribution in [0.1, 0.15) is 132 Å². The Labute approximate surface area is 250 Å². The highest BCUT2D eigenvalue weighted by Crippen LogP contribution is 2.59.